The summed E-state index contributed by atoms with van der Waals surface area (Å²) in [6.07, 6.45) is 0.857. The molecule has 0 aliphatic carbocycles. The average molecular weight is 328 g/mol. The molecule has 118 valence electrons. The van der Waals surface area contributed by atoms with Crippen molar-refractivity contribution in [3.63, 3.8) is 0 Å². The topological polar surface area (TPSA) is 55.5 Å². The highest BCUT2D eigenvalue weighted by atomic mass is 35.5. The number of ether oxygens (including phenoxy) is 1. The minimum Gasteiger partial charge on any atom is -0.506 e. The molecule has 3 aromatic rings. The van der Waals surface area contributed by atoms with Gasteiger partial charge in [0.15, 0.2) is 0 Å². The summed E-state index contributed by atoms with van der Waals surface area (Å²) in [5.74, 6) is 1.41. The van der Waals surface area contributed by atoms with Gasteiger partial charge >= 0.3 is 0 Å². The van der Waals surface area contributed by atoms with E-state index in [-0.39, 0.29) is 18.2 Å². The Hall–Kier alpha value is -2.65. The molecule has 0 aromatic heterocycles. The van der Waals surface area contributed by atoms with E-state index in [0.29, 0.717) is 11.4 Å². The second-order valence-corrected chi connectivity index (χ2v) is 5.13. The Morgan fingerprint density at radius 2 is 1.48 bits per heavy atom. The van der Waals surface area contributed by atoms with Crippen LogP contribution in [0.4, 0.5) is 5.69 Å². The number of halogens is 1. The first kappa shape index (κ1) is 16.7. The zero-order valence-corrected chi connectivity index (χ0v) is 13.3. The van der Waals surface area contributed by atoms with Crippen LogP contribution < -0.4 is 10.5 Å². The third-order valence-electron chi connectivity index (χ3n) is 3.38. The standard InChI is InChI=1S/C19H17NO2.ClH/c20-18-13-17(9-10-19(18)21)22-16-8-4-7-15(12-16)11-14-5-2-1-3-6-14;/h1-10,12-13,21H,11,20H2;1H. The number of hydrogen-bond donors (Lipinski definition) is 2. The lowest BCUT2D eigenvalue weighted by Crippen LogP contribution is -1.91. The number of nitrogens with two attached hydrogens (primary N) is 1. The Morgan fingerprint density at radius 1 is 0.783 bits per heavy atom. The van der Waals surface area contributed by atoms with Gasteiger partial charge in [-0.3, -0.25) is 0 Å². The van der Waals surface area contributed by atoms with Gasteiger partial charge in [0.1, 0.15) is 17.2 Å². The fourth-order valence-electron chi connectivity index (χ4n) is 2.28. The summed E-state index contributed by atoms with van der Waals surface area (Å²) in [5.41, 5.74) is 8.41. The largest absolute Gasteiger partial charge is 0.506 e. The van der Waals surface area contributed by atoms with E-state index in [4.69, 9.17) is 10.5 Å². The number of nitrogen functional groups attached to an aromatic ring is 1. The zero-order valence-electron chi connectivity index (χ0n) is 12.5. The highest BCUT2D eigenvalue weighted by molar-refractivity contribution is 5.85. The van der Waals surface area contributed by atoms with Gasteiger partial charge in [0.2, 0.25) is 0 Å². The van der Waals surface area contributed by atoms with E-state index in [1.54, 1.807) is 12.1 Å². The molecule has 0 bridgehead atoms. The van der Waals surface area contributed by atoms with E-state index >= 15 is 0 Å². The molecule has 0 amide bonds. The van der Waals surface area contributed by atoms with Crippen molar-refractivity contribution in [2.75, 3.05) is 5.73 Å². The van der Waals surface area contributed by atoms with Crippen LogP contribution in [0.5, 0.6) is 17.2 Å². The smallest absolute Gasteiger partial charge is 0.138 e. The van der Waals surface area contributed by atoms with Gasteiger partial charge in [-0.15, -0.1) is 12.4 Å². The summed E-state index contributed by atoms with van der Waals surface area (Å²) >= 11 is 0. The van der Waals surface area contributed by atoms with Crippen LogP contribution in [0.2, 0.25) is 0 Å². The average Bonchev–Trinajstić information content (AvgIpc) is 2.52. The van der Waals surface area contributed by atoms with Crippen LogP contribution in [0.25, 0.3) is 0 Å². The van der Waals surface area contributed by atoms with Gasteiger partial charge in [-0.2, -0.15) is 0 Å². The number of phenolic OH excluding ortho intramolecular Hbond substituents is 1. The maximum absolute atomic E-state index is 9.44. The Kier molecular flexibility index (Phi) is 5.50. The molecule has 0 fully saturated rings. The molecule has 0 unspecified atom stereocenters. The Bertz CT molecular complexity index is 775. The molecule has 3 nitrogen and oxygen atoms in total. The summed E-state index contributed by atoms with van der Waals surface area (Å²) < 4.78 is 5.80. The maximum Gasteiger partial charge on any atom is 0.138 e. The second kappa shape index (κ2) is 7.56. The quantitative estimate of drug-likeness (QED) is 0.535. The molecular weight excluding hydrogens is 310 g/mol. The van der Waals surface area contributed by atoms with Crippen molar-refractivity contribution in [2.24, 2.45) is 0 Å². The van der Waals surface area contributed by atoms with Gasteiger partial charge in [0.25, 0.3) is 0 Å². The Morgan fingerprint density at radius 3 is 2.22 bits per heavy atom. The van der Waals surface area contributed by atoms with Gasteiger partial charge < -0.3 is 15.6 Å². The van der Waals surface area contributed by atoms with Crippen LogP contribution in [-0.4, -0.2) is 5.11 Å². The first-order valence-electron chi connectivity index (χ1n) is 7.10. The second-order valence-electron chi connectivity index (χ2n) is 5.13. The van der Waals surface area contributed by atoms with Crippen LogP contribution in [0, 0.1) is 0 Å². The predicted molar refractivity (Wildman–Crippen MR) is 95.5 cm³/mol. The normalized spacial score (nSPS) is 9.91. The molecule has 23 heavy (non-hydrogen) atoms. The van der Waals surface area contributed by atoms with E-state index in [1.807, 2.05) is 36.4 Å². The van der Waals surface area contributed by atoms with Gasteiger partial charge in [0, 0.05) is 6.07 Å². The molecule has 0 saturated carbocycles. The molecular formula is C19H18ClNO2. The number of benzene rings is 3. The highest BCUT2D eigenvalue weighted by Crippen LogP contribution is 2.29. The van der Waals surface area contributed by atoms with Crippen molar-refractivity contribution in [1.82, 2.24) is 0 Å². The third kappa shape index (κ3) is 4.41. The van der Waals surface area contributed by atoms with Crippen LogP contribution >= 0.6 is 12.4 Å². The molecule has 3 aromatic carbocycles. The van der Waals surface area contributed by atoms with Crippen molar-refractivity contribution < 1.29 is 9.84 Å². The molecule has 0 aliphatic rings. The van der Waals surface area contributed by atoms with Crippen LogP contribution in [0.15, 0.2) is 72.8 Å². The summed E-state index contributed by atoms with van der Waals surface area (Å²) in [6, 6.07) is 23.1. The SMILES string of the molecule is Cl.Nc1cc(Oc2cccc(Cc3ccccc3)c2)ccc1O. The molecule has 3 rings (SSSR count). The van der Waals surface area contributed by atoms with Crippen LogP contribution in [0.1, 0.15) is 11.1 Å². The number of aromatic hydroxyl groups is 1. The lowest BCUT2D eigenvalue weighted by atomic mass is 10.1. The Labute approximate surface area is 141 Å². The molecule has 0 saturated heterocycles. The molecule has 4 heteroatoms. The summed E-state index contributed by atoms with van der Waals surface area (Å²) in [4.78, 5) is 0. The first-order chi connectivity index (χ1) is 10.7. The number of hydrogen-bond acceptors (Lipinski definition) is 3. The number of phenols is 1. The molecule has 0 aliphatic heterocycles. The summed E-state index contributed by atoms with van der Waals surface area (Å²) in [6.45, 7) is 0. The maximum atomic E-state index is 9.44. The van der Waals surface area contributed by atoms with Crippen molar-refractivity contribution in [2.45, 2.75) is 6.42 Å². The third-order valence-corrected chi connectivity index (χ3v) is 3.38. The van der Waals surface area contributed by atoms with E-state index in [0.717, 1.165) is 12.2 Å². The minimum absolute atomic E-state index is 0. The van der Waals surface area contributed by atoms with Gasteiger partial charge in [-0.1, -0.05) is 42.5 Å². The van der Waals surface area contributed by atoms with Crippen molar-refractivity contribution in [1.29, 1.82) is 0 Å². The minimum atomic E-state index is 0. The molecule has 0 spiro atoms. The highest BCUT2D eigenvalue weighted by Gasteiger charge is 2.03. The van der Waals surface area contributed by atoms with Gasteiger partial charge in [0.05, 0.1) is 5.69 Å². The van der Waals surface area contributed by atoms with E-state index in [9.17, 15) is 5.11 Å². The lowest BCUT2D eigenvalue weighted by Gasteiger charge is -2.09. The van der Waals surface area contributed by atoms with E-state index < -0.39 is 0 Å². The first-order valence-corrected chi connectivity index (χ1v) is 7.10. The molecule has 0 heterocycles. The van der Waals surface area contributed by atoms with Crippen LogP contribution in [0.3, 0.4) is 0 Å². The molecule has 0 radical (unpaired) electrons. The summed E-state index contributed by atoms with van der Waals surface area (Å²) in [7, 11) is 0. The van der Waals surface area contributed by atoms with E-state index in [1.165, 1.54) is 17.2 Å². The Balaban J connectivity index is 0.00000192. The van der Waals surface area contributed by atoms with Crippen molar-refractivity contribution in [3.8, 4) is 17.2 Å². The monoisotopic (exact) mass is 327 g/mol. The van der Waals surface area contributed by atoms with E-state index in [2.05, 4.69) is 18.2 Å². The van der Waals surface area contributed by atoms with Crippen molar-refractivity contribution in [3.05, 3.63) is 83.9 Å². The van der Waals surface area contributed by atoms with Crippen molar-refractivity contribution >= 4 is 18.1 Å². The lowest BCUT2D eigenvalue weighted by molar-refractivity contribution is 0.466. The van der Waals surface area contributed by atoms with Gasteiger partial charge in [-0.25, -0.2) is 0 Å². The fraction of sp³-hybridized carbons (Fsp3) is 0.0526. The number of anilines is 1. The van der Waals surface area contributed by atoms with Crippen LogP contribution in [-0.2, 0) is 6.42 Å². The molecule has 0 atom stereocenters. The van der Waals surface area contributed by atoms with Gasteiger partial charge in [-0.05, 0) is 41.8 Å². The molecule has 3 N–H and O–H groups in total. The summed E-state index contributed by atoms with van der Waals surface area (Å²) in [5, 5.41) is 9.44. The zero-order chi connectivity index (χ0) is 15.4. The fourth-order valence-corrected chi connectivity index (χ4v) is 2.28. The predicted octanol–water partition coefficient (Wildman–Crippen LogP) is 4.78. The number of rotatable bonds is 4.